The van der Waals surface area contributed by atoms with Crippen LogP contribution in [0.2, 0.25) is 0 Å². The molecule has 0 saturated heterocycles. The molecule has 2 N–H and O–H groups in total. The molecule has 30 heavy (non-hydrogen) atoms. The van der Waals surface area contributed by atoms with Crippen molar-refractivity contribution in [2.24, 2.45) is 5.73 Å². The minimum atomic E-state index is -4.44. The summed E-state index contributed by atoms with van der Waals surface area (Å²) in [6.07, 6.45) is -3.14. The normalized spacial score (nSPS) is 10.6. The fourth-order valence-corrected chi connectivity index (χ4v) is 2.53. The van der Waals surface area contributed by atoms with Crippen LogP contribution in [0, 0.1) is 0 Å². The molecule has 0 fully saturated rings. The summed E-state index contributed by atoms with van der Waals surface area (Å²) in [6, 6.07) is 14.9. The number of nitrogens with zero attached hydrogens (tertiary/aromatic N) is 1. The Morgan fingerprint density at radius 2 is 1.73 bits per heavy atom. The lowest BCUT2D eigenvalue weighted by Crippen LogP contribution is -2.12. The van der Waals surface area contributed by atoms with Gasteiger partial charge < -0.3 is 10.5 Å². The molecule has 7 heteroatoms. The van der Waals surface area contributed by atoms with E-state index in [1.807, 2.05) is 13.8 Å². The smallest absolute Gasteiger partial charge is 0.416 e. The van der Waals surface area contributed by atoms with Crippen molar-refractivity contribution in [3.8, 4) is 22.8 Å². The Morgan fingerprint density at radius 3 is 2.30 bits per heavy atom. The number of carbonyl (C=O) groups is 1. The van der Waals surface area contributed by atoms with Crippen molar-refractivity contribution in [1.29, 1.82) is 0 Å². The van der Waals surface area contributed by atoms with Gasteiger partial charge in [0.15, 0.2) is 0 Å². The van der Waals surface area contributed by atoms with Gasteiger partial charge in [-0.05, 0) is 54.6 Å². The Hall–Kier alpha value is -3.61. The highest BCUT2D eigenvalue weighted by atomic mass is 19.4. The number of carbonyl (C=O) groups excluding carboxylic acids is 1. The molecule has 0 aliphatic carbocycles. The van der Waals surface area contributed by atoms with Gasteiger partial charge >= 0.3 is 6.18 Å². The molecule has 0 bridgehead atoms. The highest BCUT2D eigenvalue weighted by molar-refractivity contribution is 5.91. The second-order valence-corrected chi connectivity index (χ2v) is 5.85. The Bertz CT molecular complexity index is 1030. The van der Waals surface area contributed by atoms with Crippen LogP contribution < -0.4 is 10.5 Å². The van der Waals surface area contributed by atoms with Crippen molar-refractivity contribution in [3.63, 3.8) is 0 Å². The average Bonchev–Trinajstić information content (AvgIpc) is 2.75. The summed E-state index contributed by atoms with van der Waals surface area (Å²) in [4.78, 5) is 15.4. The van der Waals surface area contributed by atoms with Gasteiger partial charge in [-0.25, -0.2) is 4.98 Å². The highest BCUT2D eigenvalue weighted by Gasteiger charge is 2.30. The minimum Gasteiger partial charge on any atom is -0.457 e. The summed E-state index contributed by atoms with van der Waals surface area (Å²) >= 11 is 0. The molecule has 0 aliphatic rings. The van der Waals surface area contributed by atoms with Crippen molar-refractivity contribution >= 4 is 12.0 Å². The summed E-state index contributed by atoms with van der Waals surface area (Å²) in [5.74, 6) is 0.0586. The number of pyridine rings is 1. The topological polar surface area (TPSA) is 65.2 Å². The van der Waals surface area contributed by atoms with Crippen LogP contribution in [0.1, 0.15) is 35.5 Å². The fraction of sp³-hybridized carbons (Fsp3) is 0.130. The summed E-state index contributed by atoms with van der Waals surface area (Å²) in [7, 11) is 0. The fourth-order valence-electron chi connectivity index (χ4n) is 2.53. The van der Waals surface area contributed by atoms with E-state index in [4.69, 9.17) is 10.5 Å². The lowest BCUT2D eigenvalue weighted by molar-refractivity contribution is -0.137. The molecule has 0 saturated carbocycles. The zero-order valence-electron chi connectivity index (χ0n) is 16.5. The molecule has 0 unspecified atom stereocenters. The molecule has 2 aromatic carbocycles. The predicted molar refractivity (Wildman–Crippen MR) is 111 cm³/mol. The number of nitrogens with two attached hydrogens (primary N) is 1. The average molecular weight is 414 g/mol. The van der Waals surface area contributed by atoms with Crippen LogP contribution in [0.3, 0.4) is 0 Å². The summed E-state index contributed by atoms with van der Waals surface area (Å²) < 4.78 is 44.2. The Morgan fingerprint density at radius 1 is 1.07 bits per heavy atom. The van der Waals surface area contributed by atoms with E-state index in [-0.39, 0.29) is 17.0 Å². The number of primary amides is 1. The molecule has 1 aromatic heterocycles. The van der Waals surface area contributed by atoms with E-state index in [1.54, 1.807) is 36.4 Å². The van der Waals surface area contributed by atoms with E-state index < -0.39 is 17.6 Å². The minimum absolute atomic E-state index is 0.151. The third kappa shape index (κ3) is 5.47. The molecule has 3 aromatic rings. The Balaban J connectivity index is 0.00000155. The Labute approximate surface area is 172 Å². The van der Waals surface area contributed by atoms with Crippen LogP contribution in [-0.2, 0) is 6.18 Å². The summed E-state index contributed by atoms with van der Waals surface area (Å²) in [6.45, 7) is 7.54. The van der Waals surface area contributed by atoms with E-state index >= 15 is 0 Å². The molecule has 0 aliphatic heterocycles. The van der Waals surface area contributed by atoms with E-state index in [2.05, 4.69) is 11.6 Å². The van der Waals surface area contributed by atoms with E-state index in [0.717, 1.165) is 17.7 Å². The molecular weight excluding hydrogens is 393 g/mol. The second kappa shape index (κ2) is 9.73. The van der Waals surface area contributed by atoms with Gasteiger partial charge in [-0.1, -0.05) is 32.6 Å². The van der Waals surface area contributed by atoms with Gasteiger partial charge in [0.2, 0.25) is 0 Å². The second-order valence-electron chi connectivity index (χ2n) is 5.85. The first-order chi connectivity index (χ1) is 14.3. The largest absolute Gasteiger partial charge is 0.457 e. The molecule has 156 valence electrons. The quantitative estimate of drug-likeness (QED) is 0.531. The molecular formula is C23H21F3N2O2. The highest BCUT2D eigenvalue weighted by Crippen LogP contribution is 2.35. The van der Waals surface area contributed by atoms with Crippen molar-refractivity contribution in [3.05, 3.63) is 84.1 Å². The molecule has 0 radical (unpaired) electrons. The molecule has 0 atom stereocenters. The maximum absolute atomic E-state index is 12.8. The van der Waals surface area contributed by atoms with Crippen LogP contribution in [0.25, 0.3) is 17.3 Å². The van der Waals surface area contributed by atoms with Crippen LogP contribution in [-0.4, -0.2) is 10.9 Å². The zero-order valence-corrected chi connectivity index (χ0v) is 16.5. The van der Waals surface area contributed by atoms with Gasteiger partial charge in [0.1, 0.15) is 17.2 Å². The van der Waals surface area contributed by atoms with Gasteiger partial charge in [0.25, 0.3) is 5.91 Å². The van der Waals surface area contributed by atoms with Gasteiger partial charge in [-0.2, -0.15) is 13.2 Å². The van der Waals surface area contributed by atoms with Gasteiger partial charge in [-0.15, -0.1) is 0 Å². The number of benzene rings is 2. The predicted octanol–water partition coefficient (Wildman–Crippen LogP) is 6.33. The van der Waals surface area contributed by atoms with Gasteiger partial charge in [0.05, 0.1) is 11.3 Å². The SMILES string of the molecule is C=Cc1cc(C(F)(F)F)ccc1Oc1ccc(-c2cccc(C(N)=O)n2)cc1.CC. The van der Waals surface area contributed by atoms with Crippen molar-refractivity contribution in [2.45, 2.75) is 20.0 Å². The first-order valence-electron chi connectivity index (χ1n) is 9.17. The van der Waals surface area contributed by atoms with Gasteiger partial charge in [0, 0.05) is 11.1 Å². The molecule has 1 amide bonds. The van der Waals surface area contributed by atoms with Crippen LogP contribution in [0.5, 0.6) is 11.5 Å². The molecule has 1 heterocycles. The summed E-state index contributed by atoms with van der Waals surface area (Å²) in [5, 5.41) is 0. The number of ether oxygens (including phenoxy) is 1. The monoisotopic (exact) mass is 414 g/mol. The molecule has 3 rings (SSSR count). The lowest BCUT2D eigenvalue weighted by Gasteiger charge is -2.13. The number of aromatic nitrogens is 1. The van der Waals surface area contributed by atoms with Crippen LogP contribution in [0.15, 0.2) is 67.2 Å². The number of halogens is 3. The third-order valence-corrected chi connectivity index (χ3v) is 3.94. The third-order valence-electron chi connectivity index (χ3n) is 3.94. The maximum atomic E-state index is 12.8. The number of amides is 1. The lowest BCUT2D eigenvalue weighted by atomic mass is 10.1. The number of alkyl halides is 3. The van der Waals surface area contributed by atoms with Crippen molar-refractivity contribution in [2.75, 3.05) is 0 Å². The van der Waals surface area contributed by atoms with E-state index in [0.29, 0.717) is 11.4 Å². The molecule has 0 spiro atoms. The Kier molecular flexibility index (Phi) is 7.36. The van der Waals surface area contributed by atoms with Crippen molar-refractivity contribution < 1.29 is 22.7 Å². The van der Waals surface area contributed by atoms with Gasteiger partial charge in [-0.3, -0.25) is 4.79 Å². The maximum Gasteiger partial charge on any atom is 0.416 e. The first kappa shape index (κ1) is 22.7. The van der Waals surface area contributed by atoms with E-state index in [1.165, 1.54) is 18.2 Å². The van der Waals surface area contributed by atoms with Crippen molar-refractivity contribution in [1.82, 2.24) is 4.98 Å². The number of hydrogen-bond acceptors (Lipinski definition) is 3. The first-order valence-corrected chi connectivity index (χ1v) is 9.17. The zero-order chi connectivity index (χ0) is 22.3. The van der Waals surface area contributed by atoms with E-state index in [9.17, 15) is 18.0 Å². The standard InChI is InChI=1S/C21H15F3N2O2.C2H6/c1-2-13-12-15(21(22,23)24)8-11-19(13)28-16-9-6-14(7-10-16)17-4-3-5-18(26-17)20(25)27;1-2/h2-12H,1H2,(H2,25,27);1-2H3. The number of rotatable bonds is 5. The van der Waals surface area contributed by atoms with Crippen LogP contribution in [0.4, 0.5) is 13.2 Å². The van der Waals surface area contributed by atoms with Crippen LogP contribution >= 0.6 is 0 Å². The number of hydrogen-bond donors (Lipinski definition) is 1. The molecule has 4 nitrogen and oxygen atoms in total. The summed E-state index contributed by atoms with van der Waals surface area (Å²) in [5.41, 5.74) is 6.13.